The molecular weight excluding hydrogens is 410 g/mol. The smallest absolute Gasteiger partial charge is 0.331 e. The highest BCUT2D eigenvalue weighted by molar-refractivity contribution is 6.05. The molecule has 2 N–H and O–H groups in total. The Hall–Kier alpha value is -4.46. The van der Waals surface area contributed by atoms with E-state index in [1.165, 1.54) is 19.3 Å². The molecule has 1 heterocycles. The van der Waals surface area contributed by atoms with E-state index in [0.717, 1.165) is 0 Å². The maximum absolute atomic E-state index is 12.4. The molecule has 0 fully saturated rings. The van der Waals surface area contributed by atoms with Gasteiger partial charge in [0, 0.05) is 23.5 Å². The molecule has 162 valence electrons. The second-order valence-corrected chi connectivity index (χ2v) is 6.48. The van der Waals surface area contributed by atoms with Crippen LogP contribution in [-0.4, -0.2) is 36.5 Å². The molecule has 2 aromatic carbocycles. The number of aromatic nitrogens is 1. The third-order valence-electron chi connectivity index (χ3n) is 4.21. The zero-order valence-electron chi connectivity index (χ0n) is 17.3. The number of nitrogens with zero attached hydrogens (tertiary/aromatic N) is 1. The highest BCUT2D eigenvalue weighted by Crippen LogP contribution is 2.23. The minimum Gasteiger partial charge on any atom is -0.495 e. The number of carbonyl (C=O) groups is 3. The summed E-state index contributed by atoms with van der Waals surface area (Å²) in [6.45, 7) is -0.443. The van der Waals surface area contributed by atoms with E-state index >= 15 is 0 Å². The summed E-state index contributed by atoms with van der Waals surface area (Å²) in [4.78, 5) is 40.2. The van der Waals surface area contributed by atoms with Gasteiger partial charge in [-0.1, -0.05) is 18.2 Å². The second kappa shape index (κ2) is 11.1. The highest BCUT2D eigenvalue weighted by atomic mass is 16.5. The summed E-state index contributed by atoms with van der Waals surface area (Å²) in [6.07, 6.45) is 4.30. The number of amides is 2. The van der Waals surface area contributed by atoms with Crippen LogP contribution in [-0.2, 0) is 14.3 Å². The number of methoxy groups -OCH3 is 1. The molecule has 1 aromatic heterocycles. The van der Waals surface area contributed by atoms with Gasteiger partial charge in [0.15, 0.2) is 6.61 Å². The predicted octanol–water partition coefficient (Wildman–Crippen LogP) is 3.54. The van der Waals surface area contributed by atoms with Gasteiger partial charge in [-0.3, -0.25) is 14.6 Å². The van der Waals surface area contributed by atoms with E-state index in [1.54, 1.807) is 72.9 Å². The Morgan fingerprint density at radius 1 is 0.938 bits per heavy atom. The zero-order chi connectivity index (χ0) is 22.8. The van der Waals surface area contributed by atoms with Crippen LogP contribution < -0.4 is 15.4 Å². The van der Waals surface area contributed by atoms with Crippen molar-refractivity contribution in [2.24, 2.45) is 0 Å². The average molecular weight is 431 g/mol. The minimum absolute atomic E-state index is 0.319. The molecule has 0 saturated heterocycles. The van der Waals surface area contributed by atoms with Crippen molar-refractivity contribution in [1.82, 2.24) is 4.98 Å². The number of esters is 1. The summed E-state index contributed by atoms with van der Waals surface area (Å²) in [7, 11) is 1.52. The number of ether oxygens (including phenoxy) is 2. The molecule has 0 unspecified atom stereocenters. The van der Waals surface area contributed by atoms with Gasteiger partial charge in [-0.25, -0.2) is 4.79 Å². The Kier molecular flexibility index (Phi) is 7.69. The number of carbonyl (C=O) groups excluding carboxylic acids is 3. The van der Waals surface area contributed by atoms with Gasteiger partial charge in [0.1, 0.15) is 5.75 Å². The zero-order valence-corrected chi connectivity index (χ0v) is 17.3. The van der Waals surface area contributed by atoms with Crippen molar-refractivity contribution in [1.29, 1.82) is 0 Å². The van der Waals surface area contributed by atoms with Crippen LogP contribution >= 0.6 is 0 Å². The van der Waals surface area contributed by atoms with Gasteiger partial charge in [-0.2, -0.15) is 0 Å². The fraction of sp³-hybridized carbons (Fsp3) is 0.0833. The molecule has 0 aliphatic carbocycles. The Balaban J connectivity index is 1.48. The Bertz CT molecular complexity index is 1110. The van der Waals surface area contributed by atoms with Crippen LogP contribution in [0.2, 0.25) is 0 Å². The summed E-state index contributed by atoms with van der Waals surface area (Å²) < 4.78 is 10.1. The van der Waals surface area contributed by atoms with Gasteiger partial charge < -0.3 is 20.1 Å². The van der Waals surface area contributed by atoms with Crippen molar-refractivity contribution in [3.8, 4) is 5.75 Å². The van der Waals surface area contributed by atoms with E-state index in [9.17, 15) is 14.4 Å². The fourth-order valence-electron chi connectivity index (χ4n) is 2.66. The normalized spacial score (nSPS) is 10.4. The van der Waals surface area contributed by atoms with Gasteiger partial charge in [0.25, 0.3) is 11.8 Å². The van der Waals surface area contributed by atoms with E-state index in [-0.39, 0.29) is 5.91 Å². The molecule has 0 saturated carbocycles. The summed E-state index contributed by atoms with van der Waals surface area (Å²) in [5.41, 5.74) is 2.02. The van der Waals surface area contributed by atoms with Crippen LogP contribution in [0.15, 0.2) is 79.0 Å². The number of para-hydroxylation sites is 2. The first-order valence-electron chi connectivity index (χ1n) is 9.65. The molecule has 0 bridgehead atoms. The first-order valence-corrected chi connectivity index (χ1v) is 9.65. The van der Waals surface area contributed by atoms with E-state index in [0.29, 0.717) is 28.4 Å². The van der Waals surface area contributed by atoms with Crippen LogP contribution in [0.5, 0.6) is 5.75 Å². The highest BCUT2D eigenvalue weighted by Gasteiger charge is 2.10. The summed E-state index contributed by atoms with van der Waals surface area (Å²) in [6, 6.07) is 18.7. The van der Waals surface area contributed by atoms with Gasteiger partial charge >= 0.3 is 5.97 Å². The third-order valence-corrected chi connectivity index (χ3v) is 4.21. The Morgan fingerprint density at radius 3 is 2.41 bits per heavy atom. The lowest BCUT2D eigenvalue weighted by atomic mass is 10.2. The standard InChI is InChI=1S/C24H21N3O5/c1-31-21-8-3-2-7-20(21)27-24(30)17-9-11-19(12-10-17)26-22(28)16-32-23(29)14-13-18-6-4-5-15-25-18/h2-15H,16H2,1H3,(H,26,28)(H,27,30). The molecule has 0 atom stereocenters. The predicted molar refractivity (Wildman–Crippen MR) is 120 cm³/mol. The average Bonchev–Trinajstić information content (AvgIpc) is 2.83. The maximum Gasteiger partial charge on any atom is 0.331 e. The summed E-state index contributed by atoms with van der Waals surface area (Å²) >= 11 is 0. The van der Waals surface area contributed by atoms with E-state index in [1.807, 2.05) is 0 Å². The quantitative estimate of drug-likeness (QED) is 0.417. The molecule has 0 aliphatic heterocycles. The second-order valence-electron chi connectivity index (χ2n) is 6.48. The first-order chi connectivity index (χ1) is 15.5. The first kappa shape index (κ1) is 22.2. The lowest BCUT2D eigenvalue weighted by Gasteiger charge is -2.10. The van der Waals surface area contributed by atoms with Crippen LogP contribution in [0.4, 0.5) is 11.4 Å². The van der Waals surface area contributed by atoms with Gasteiger partial charge in [-0.15, -0.1) is 0 Å². The van der Waals surface area contributed by atoms with Gasteiger partial charge in [0.2, 0.25) is 0 Å². The van der Waals surface area contributed by atoms with Crippen LogP contribution in [0.3, 0.4) is 0 Å². The molecule has 3 aromatic rings. The molecule has 8 nitrogen and oxygen atoms in total. The van der Waals surface area contributed by atoms with Crippen molar-refractivity contribution in [2.75, 3.05) is 24.4 Å². The van der Waals surface area contributed by atoms with Crippen LogP contribution in [0.1, 0.15) is 16.1 Å². The van der Waals surface area contributed by atoms with Crippen molar-refractivity contribution < 1.29 is 23.9 Å². The van der Waals surface area contributed by atoms with Crippen molar-refractivity contribution in [3.05, 3.63) is 90.3 Å². The number of pyridine rings is 1. The number of nitrogens with one attached hydrogen (secondary N) is 2. The third kappa shape index (κ3) is 6.53. The summed E-state index contributed by atoms with van der Waals surface area (Å²) in [5.74, 6) is -0.930. The van der Waals surface area contributed by atoms with Crippen molar-refractivity contribution in [2.45, 2.75) is 0 Å². The molecule has 0 spiro atoms. The molecule has 32 heavy (non-hydrogen) atoms. The molecule has 2 amide bonds. The molecule has 0 radical (unpaired) electrons. The topological polar surface area (TPSA) is 107 Å². The van der Waals surface area contributed by atoms with Crippen molar-refractivity contribution in [3.63, 3.8) is 0 Å². The molecule has 8 heteroatoms. The number of rotatable bonds is 8. The minimum atomic E-state index is -0.658. The number of benzene rings is 2. The van der Waals surface area contributed by atoms with E-state index in [4.69, 9.17) is 9.47 Å². The Labute approximate surface area is 184 Å². The number of hydrogen-bond acceptors (Lipinski definition) is 6. The van der Waals surface area contributed by atoms with Gasteiger partial charge in [-0.05, 0) is 54.6 Å². The monoisotopic (exact) mass is 431 g/mol. The summed E-state index contributed by atoms with van der Waals surface area (Å²) in [5, 5.41) is 5.38. The maximum atomic E-state index is 12.4. The van der Waals surface area contributed by atoms with E-state index < -0.39 is 18.5 Å². The number of hydrogen-bond donors (Lipinski definition) is 2. The van der Waals surface area contributed by atoms with Crippen LogP contribution in [0, 0.1) is 0 Å². The molecule has 0 aliphatic rings. The number of anilines is 2. The van der Waals surface area contributed by atoms with Crippen LogP contribution in [0.25, 0.3) is 6.08 Å². The largest absolute Gasteiger partial charge is 0.495 e. The van der Waals surface area contributed by atoms with Gasteiger partial charge in [0.05, 0.1) is 18.5 Å². The van der Waals surface area contributed by atoms with E-state index in [2.05, 4.69) is 15.6 Å². The SMILES string of the molecule is COc1ccccc1NC(=O)c1ccc(NC(=O)COC(=O)C=Cc2ccccn2)cc1. The van der Waals surface area contributed by atoms with Crippen molar-refractivity contribution >= 4 is 35.2 Å². The molecular formula is C24H21N3O5. The lowest BCUT2D eigenvalue weighted by Crippen LogP contribution is -2.20. The lowest BCUT2D eigenvalue weighted by molar-refractivity contribution is -0.142. The molecule has 3 rings (SSSR count). The Morgan fingerprint density at radius 2 is 1.69 bits per heavy atom. The fourth-order valence-corrected chi connectivity index (χ4v) is 2.66.